The molecule has 0 radical (unpaired) electrons. The molecule has 3 aromatic rings. The van der Waals surface area contributed by atoms with Crippen LogP contribution < -0.4 is 10.7 Å². The minimum atomic E-state index is -4.56. The predicted molar refractivity (Wildman–Crippen MR) is 98.7 cm³/mol. The monoisotopic (exact) mass is 405 g/mol. The van der Waals surface area contributed by atoms with Gasteiger partial charge >= 0.3 is 6.18 Å². The van der Waals surface area contributed by atoms with Crippen LogP contribution in [-0.2, 0) is 6.18 Å². The second kappa shape index (κ2) is 7.50. The van der Waals surface area contributed by atoms with Crippen molar-refractivity contribution in [3.8, 4) is 5.69 Å². The number of hydrogen-bond acceptors (Lipinski definition) is 3. The number of aryl methyl sites for hydroxylation is 2. The second-order valence-electron chi connectivity index (χ2n) is 6.40. The molecule has 0 spiro atoms. The van der Waals surface area contributed by atoms with Gasteiger partial charge in [-0.1, -0.05) is 12.1 Å². The molecule has 1 aromatic heterocycles. The minimum absolute atomic E-state index is 0.0212. The molecule has 150 valence electrons. The van der Waals surface area contributed by atoms with Gasteiger partial charge in [0.2, 0.25) is 5.43 Å². The van der Waals surface area contributed by atoms with E-state index in [0.717, 1.165) is 22.9 Å². The molecule has 2 aromatic carbocycles. The summed E-state index contributed by atoms with van der Waals surface area (Å²) >= 11 is 0. The molecule has 0 aliphatic rings. The Balaban J connectivity index is 2.02. The van der Waals surface area contributed by atoms with E-state index in [2.05, 4.69) is 10.4 Å². The van der Waals surface area contributed by atoms with E-state index in [4.69, 9.17) is 0 Å². The first kappa shape index (κ1) is 20.2. The largest absolute Gasteiger partial charge is 0.416 e. The highest BCUT2D eigenvalue weighted by Gasteiger charge is 2.30. The number of benzene rings is 2. The number of aromatic nitrogens is 2. The lowest BCUT2D eigenvalue weighted by Crippen LogP contribution is -2.27. The summed E-state index contributed by atoms with van der Waals surface area (Å²) in [6.45, 7) is 3.14. The third-order valence-corrected chi connectivity index (χ3v) is 4.11. The Morgan fingerprint density at radius 3 is 2.45 bits per heavy atom. The molecule has 0 aliphatic heterocycles. The molecule has 0 bridgehead atoms. The van der Waals surface area contributed by atoms with E-state index in [9.17, 15) is 27.2 Å². The first-order valence-corrected chi connectivity index (χ1v) is 8.42. The summed E-state index contributed by atoms with van der Waals surface area (Å²) in [7, 11) is 0. The Morgan fingerprint density at radius 2 is 1.79 bits per heavy atom. The predicted octanol–water partition coefficient (Wildman–Crippen LogP) is 4.26. The normalized spacial score (nSPS) is 11.4. The van der Waals surface area contributed by atoms with Crippen molar-refractivity contribution in [1.29, 1.82) is 0 Å². The molecule has 5 nitrogen and oxygen atoms in total. The average molecular weight is 405 g/mol. The van der Waals surface area contributed by atoms with Crippen molar-refractivity contribution < 1.29 is 22.4 Å². The van der Waals surface area contributed by atoms with Crippen LogP contribution in [0.15, 0.2) is 53.3 Å². The number of halogens is 4. The van der Waals surface area contributed by atoms with Crippen molar-refractivity contribution in [1.82, 2.24) is 9.78 Å². The van der Waals surface area contributed by atoms with E-state index in [1.165, 1.54) is 31.2 Å². The second-order valence-corrected chi connectivity index (χ2v) is 6.40. The van der Waals surface area contributed by atoms with Crippen LogP contribution in [0.1, 0.15) is 27.3 Å². The van der Waals surface area contributed by atoms with Gasteiger partial charge in [0, 0.05) is 11.8 Å². The zero-order chi connectivity index (χ0) is 21.3. The molecule has 0 saturated heterocycles. The summed E-state index contributed by atoms with van der Waals surface area (Å²) in [5.74, 6) is -1.66. The summed E-state index contributed by atoms with van der Waals surface area (Å²) in [5.41, 5.74) is -1.47. The molecule has 0 unspecified atom stereocenters. The number of hydrogen-bond donors (Lipinski definition) is 1. The van der Waals surface area contributed by atoms with Crippen LogP contribution in [0.4, 0.5) is 23.2 Å². The molecule has 0 fully saturated rings. The first-order chi connectivity index (χ1) is 13.6. The smallest absolute Gasteiger partial charge is 0.318 e. The molecule has 1 heterocycles. The number of nitrogens with zero attached hydrogens (tertiary/aromatic N) is 2. The Labute approximate surface area is 162 Å². The van der Waals surface area contributed by atoms with Crippen LogP contribution in [0.3, 0.4) is 0 Å². The average Bonchev–Trinajstić information content (AvgIpc) is 2.63. The van der Waals surface area contributed by atoms with E-state index >= 15 is 0 Å². The van der Waals surface area contributed by atoms with Gasteiger partial charge in [0.25, 0.3) is 5.91 Å². The van der Waals surface area contributed by atoms with E-state index in [1.807, 2.05) is 0 Å². The minimum Gasteiger partial charge on any atom is -0.318 e. The van der Waals surface area contributed by atoms with Crippen LogP contribution in [0.25, 0.3) is 5.69 Å². The van der Waals surface area contributed by atoms with Crippen molar-refractivity contribution in [3.05, 3.63) is 87.1 Å². The Bertz CT molecular complexity index is 1150. The fraction of sp³-hybridized carbons (Fsp3) is 0.150. The Kier molecular flexibility index (Phi) is 5.23. The molecule has 0 aliphatic carbocycles. The van der Waals surface area contributed by atoms with Gasteiger partial charge in [0.1, 0.15) is 5.82 Å². The lowest BCUT2D eigenvalue weighted by atomic mass is 10.2. The number of nitrogens with one attached hydrogen (secondary N) is 1. The highest BCUT2D eigenvalue weighted by atomic mass is 19.4. The van der Waals surface area contributed by atoms with E-state index < -0.39 is 34.6 Å². The van der Waals surface area contributed by atoms with Crippen LogP contribution in [-0.4, -0.2) is 15.7 Å². The standard InChI is InChI=1S/C20H15F4N3O2/c1-11-6-7-16(15(21)8-11)25-19(29)18-17(28)9-12(2)27(26-18)14-5-3-4-13(10-14)20(22,23)24/h3-10H,1-2H3,(H,25,29). The highest BCUT2D eigenvalue weighted by Crippen LogP contribution is 2.30. The summed E-state index contributed by atoms with van der Waals surface area (Å²) in [4.78, 5) is 24.7. The van der Waals surface area contributed by atoms with Gasteiger partial charge in [-0.25, -0.2) is 9.07 Å². The molecule has 0 saturated carbocycles. The lowest BCUT2D eigenvalue weighted by molar-refractivity contribution is -0.137. The lowest BCUT2D eigenvalue weighted by Gasteiger charge is -2.14. The molecule has 1 amide bonds. The third kappa shape index (κ3) is 4.34. The van der Waals surface area contributed by atoms with Gasteiger partial charge in [0.05, 0.1) is 16.9 Å². The van der Waals surface area contributed by atoms with Gasteiger partial charge < -0.3 is 5.32 Å². The Hall–Kier alpha value is -3.49. The Morgan fingerprint density at radius 1 is 1.07 bits per heavy atom. The SMILES string of the molecule is Cc1ccc(NC(=O)c2nn(-c3cccc(C(F)(F)F)c3)c(C)cc2=O)c(F)c1. The third-order valence-electron chi connectivity index (χ3n) is 4.11. The van der Waals surface area contributed by atoms with Gasteiger partial charge in [-0.05, 0) is 49.7 Å². The number of rotatable bonds is 3. The molecule has 1 N–H and O–H groups in total. The van der Waals surface area contributed by atoms with E-state index in [1.54, 1.807) is 13.0 Å². The molecule has 0 atom stereocenters. The van der Waals surface area contributed by atoms with Crippen LogP contribution >= 0.6 is 0 Å². The molecular formula is C20H15F4N3O2. The van der Waals surface area contributed by atoms with Crippen molar-refractivity contribution in [2.75, 3.05) is 5.32 Å². The summed E-state index contributed by atoms with van der Waals surface area (Å²) in [6, 6.07) is 9.50. The maximum absolute atomic E-state index is 14.0. The number of alkyl halides is 3. The molecule has 3 rings (SSSR count). The summed E-state index contributed by atoms with van der Waals surface area (Å²) in [5, 5.41) is 6.17. The summed E-state index contributed by atoms with van der Waals surface area (Å²) < 4.78 is 54.0. The van der Waals surface area contributed by atoms with Crippen LogP contribution in [0.2, 0.25) is 0 Å². The zero-order valence-electron chi connectivity index (χ0n) is 15.3. The van der Waals surface area contributed by atoms with Crippen molar-refractivity contribution in [3.63, 3.8) is 0 Å². The zero-order valence-corrected chi connectivity index (χ0v) is 15.3. The topological polar surface area (TPSA) is 64.0 Å². The maximum atomic E-state index is 14.0. The fourth-order valence-corrected chi connectivity index (χ4v) is 2.68. The van der Waals surface area contributed by atoms with Crippen molar-refractivity contribution >= 4 is 11.6 Å². The van der Waals surface area contributed by atoms with Crippen LogP contribution in [0.5, 0.6) is 0 Å². The van der Waals surface area contributed by atoms with Gasteiger partial charge in [-0.15, -0.1) is 0 Å². The van der Waals surface area contributed by atoms with E-state index in [-0.39, 0.29) is 17.1 Å². The van der Waals surface area contributed by atoms with E-state index in [0.29, 0.717) is 5.56 Å². The number of anilines is 1. The molecule has 29 heavy (non-hydrogen) atoms. The van der Waals surface area contributed by atoms with Gasteiger partial charge in [0.15, 0.2) is 5.69 Å². The number of amides is 1. The number of carbonyl (C=O) groups excluding carboxylic acids is 1. The van der Waals surface area contributed by atoms with Crippen molar-refractivity contribution in [2.24, 2.45) is 0 Å². The maximum Gasteiger partial charge on any atom is 0.416 e. The first-order valence-electron chi connectivity index (χ1n) is 8.42. The van der Waals surface area contributed by atoms with Crippen LogP contribution in [0, 0.1) is 19.7 Å². The molecule has 9 heteroatoms. The highest BCUT2D eigenvalue weighted by molar-refractivity contribution is 6.02. The van der Waals surface area contributed by atoms with Gasteiger partial charge in [-0.2, -0.15) is 18.3 Å². The quantitative estimate of drug-likeness (QED) is 0.663. The summed E-state index contributed by atoms with van der Waals surface area (Å²) in [6.07, 6.45) is -4.56. The van der Waals surface area contributed by atoms with Gasteiger partial charge in [-0.3, -0.25) is 9.59 Å². The molecular weight excluding hydrogens is 390 g/mol. The fourth-order valence-electron chi connectivity index (χ4n) is 2.68. The van der Waals surface area contributed by atoms with Crippen molar-refractivity contribution in [2.45, 2.75) is 20.0 Å². The number of carbonyl (C=O) groups is 1.